The highest BCUT2D eigenvalue weighted by molar-refractivity contribution is 7.89. The van der Waals surface area contributed by atoms with Crippen LogP contribution in [0.15, 0.2) is 59.5 Å². The Morgan fingerprint density at radius 2 is 1.83 bits per heavy atom. The predicted octanol–water partition coefficient (Wildman–Crippen LogP) is 4.74. The lowest BCUT2D eigenvalue weighted by Crippen LogP contribution is -2.41. The van der Waals surface area contributed by atoms with Gasteiger partial charge in [-0.25, -0.2) is 13.4 Å². The first kappa shape index (κ1) is 20.5. The molecule has 1 N–H and O–H groups in total. The maximum absolute atomic E-state index is 13.1. The first-order valence-corrected chi connectivity index (χ1v) is 11.6. The quantitative estimate of drug-likeness (QED) is 0.600. The zero-order valence-corrected chi connectivity index (χ0v) is 17.9. The van der Waals surface area contributed by atoms with Crippen LogP contribution in [0.2, 0.25) is 0 Å². The van der Waals surface area contributed by atoms with Crippen LogP contribution in [0.4, 0.5) is 11.5 Å². The number of Topliss-reactive ketones (excluding diaryl/α,β-unsaturated/α-hetero) is 1. The number of nitrogens with one attached hydrogen (secondary N) is 1. The normalized spacial score (nSPS) is 17.7. The smallest absolute Gasteiger partial charge is 0.243 e. The van der Waals surface area contributed by atoms with Crippen LogP contribution in [0.5, 0.6) is 0 Å². The Morgan fingerprint density at radius 1 is 1.07 bits per heavy atom. The molecule has 0 radical (unpaired) electrons. The summed E-state index contributed by atoms with van der Waals surface area (Å²) in [6, 6.07) is 16.0. The van der Waals surface area contributed by atoms with Crippen LogP contribution >= 0.6 is 0 Å². The molecule has 2 heterocycles. The second-order valence-electron chi connectivity index (χ2n) is 7.77. The van der Waals surface area contributed by atoms with Crippen molar-refractivity contribution in [3.05, 3.63) is 60.2 Å². The molecule has 0 saturated carbocycles. The van der Waals surface area contributed by atoms with Gasteiger partial charge >= 0.3 is 0 Å². The molecule has 1 aromatic heterocycles. The van der Waals surface area contributed by atoms with E-state index in [9.17, 15) is 13.2 Å². The van der Waals surface area contributed by atoms with Crippen LogP contribution in [0.3, 0.4) is 0 Å². The molecule has 0 bridgehead atoms. The Kier molecular flexibility index (Phi) is 5.58. The first-order chi connectivity index (χ1) is 14.3. The number of anilines is 2. The van der Waals surface area contributed by atoms with Gasteiger partial charge in [-0.1, -0.05) is 6.42 Å². The number of carbonyl (C=O) groups is 1. The molecule has 156 valence electrons. The molecule has 4 rings (SSSR count). The van der Waals surface area contributed by atoms with Gasteiger partial charge in [0.2, 0.25) is 10.0 Å². The van der Waals surface area contributed by atoms with E-state index in [1.807, 2.05) is 31.2 Å². The minimum atomic E-state index is -3.51. The number of carbonyl (C=O) groups excluding carboxylic acids is 1. The average molecular weight is 424 g/mol. The maximum atomic E-state index is 13.1. The molecule has 2 aromatic carbocycles. The zero-order valence-electron chi connectivity index (χ0n) is 17.1. The third-order valence-electron chi connectivity index (χ3n) is 5.57. The van der Waals surface area contributed by atoms with E-state index in [-0.39, 0.29) is 11.8 Å². The van der Waals surface area contributed by atoms with Crippen molar-refractivity contribution in [1.29, 1.82) is 0 Å². The topological polar surface area (TPSA) is 79.4 Å². The molecule has 7 heteroatoms. The standard InChI is InChI=1S/C23H25N3O3S/c1-16-5-3-4-14-26(16)30(28,29)21-11-12-22-19(15-21)8-13-23(25-22)24-20-9-6-18(7-10-20)17(2)27/h6-13,15-16H,3-5,14H2,1-2H3,(H,24,25)/t16-/m0/s1. The van der Waals surface area contributed by atoms with Crippen molar-refractivity contribution in [2.24, 2.45) is 0 Å². The van der Waals surface area contributed by atoms with Gasteiger partial charge in [0.15, 0.2) is 5.78 Å². The Balaban J connectivity index is 1.58. The van der Waals surface area contributed by atoms with Gasteiger partial charge in [-0.2, -0.15) is 4.31 Å². The molecular formula is C23H25N3O3S. The Labute approximate surface area is 177 Å². The summed E-state index contributed by atoms with van der Waals surface area (Å²) in [6.07, 6.45) is 2.88. The number of piperidine rings is 1. The highest BCUT2D eigenvalue weighted by Crippen LogP contribution is 2.28. The Morgan fingerprint density at radius 3 is 2.53 bits per heavy atom. The SMILES string of the molecule is CC(=O)c1ccc(Nc2ccc3cc(S(=O)(=O)N4CCCC[C@@H]4C)ccc3n2)cc1. The fourth-order valence-electron chi connectivity index (χ4n) is 3.83. The molecule has 30 heavy (non-hydrogen) atoms. The van der Waals surface area contributed by atoms with Gasteiger partial charge in [0.25, 0.3) is 0 Å². The van der Waals surface area contributed by atoms with E-state index >= 15 is 0 Å². The summed E-state index contributed by atoms with van der Waals surface area (Å²) >= 11 is 0. The van der Waals surface area contributed by atoms with E-state index in [0.717, 1.165) is 30.3 Å². The number of nitrogens with zero attached hydrogens (tertiary/aromatic N) is 2. The van der Waals surface area contributed by atoms with E-state index in [0.29, 0.717) is 28.3 Å². The molecule has 0 amide bonds. The van der Waals surface area contributed by atoms with Crippen molar-refractivity contribution < 1.29 is 13.2 Å². The minimum absolute atomic E-state index is 0.0232. The second kappa shape index (κ2) is 8.16. The van der Waals surface area contributed by atoms with Gasteiger partial charge in [0.1, 0.15) is 5.82 Å². The summed E-state index contributed by atoms with van der Waals surface area (Å²) < 4.78 is 27.8. The van der Waals surface area contributed by atoms with Gasteiger partial charge in [0.05, 0.1) is 10.4 Å². The number of hydrogen-bond donors (Lipinski definition) is 1. The molecule has 0 unspecified atom stereocenters. The van der Waals surface area contributed by atoms with E-state index in [1.54, 1.807) is 34.6 Å². The molecule has 3 aromatic rings. The summed E-state index contributed by atoms with van der Waals surface area (Å²) in [5, 5.41) is 3.99. The number of aromatic nitrogens is 1. The van der Waals surface area contributed by atoms with Gasteiger partial charge in [-0.15, -0.1) is 0 Å². The zero-order chi connectivity index (χ0) is 21.3. The monoisotopic (exact) mass is 423 g/mol. The third kappa shape index (κ3) is 4.08. The van der Waals surface area contributed by atoms with Crippen molar-refractivity contribution in [1.82, 2.24) is 9.29 Å². The van der Waals surface area contributed by atoms with Crippen LogP contribution in [0, 0.1) is 0 Å². The fourth-order valence-corrected chi connectivity index (χ4v) is 5.57. The van der Waals surface area contributed by atoms with Crippen molar-refractivity contribution in [3.63, 3.8) is 0 Å². The summed E-state index contributed by atoms with van der Waals surface area (Å²) in [4.78, 5) is 16.3. The number of ketones is 1. The van der Waals surface area contributed by atoms with Crippen LogP contribution in [-0.4, -0.2) is 36.1 Å². The molecular weight excluding hydrogens is 398 g/mol. The van der Waals surface area contributed by atoms with E-state index in [1.165, 1.54) is 6.92 Å². The molecule has 1 atom stereocenters. The number of rotatable bonds is 5. The number of fused-ring (bicyclic) bond motifs is 1. The molecule has 1 aliphatic rings. The summed E-state index contributed by atoms with van der Waals surface area (Å²) in [6.45, 7) is 4.08. The van der Waals surface area contributed by atoms with Crippen LogP contribution < -0.4 is 5.32 Å². The summed E-state index contributed by atoms with van der Waals surface area (Å²) in [7, 11) is -3.51. The lowest BCUT2D eigenvalue weighted by molar-refractivity contribution is 0.101. The van der Waals surface area contributed by atoms with Crippen LogP contribution in [-0.2, 0) is 10.0 Å². The fraction of sp³-hybridized carbons (Fsp3) is 0.304. The lowest BCUT2D eigenvalue weighted by atomic mass is 10.1. The third-order valence-corrected chi connectivity index (χ3v) is 7.58. The molecule has 0 spiro atoms. The summed E-state index contributed by atoms with van der Waals surface area (Å²) in [5.41, 5.74) is 2.19. The number of pyridine rings is 1. The lowest BCUT2D eigenvalue weighted by Gasteiger charge is -2.32. The molecule has 0 aliphatic carbocycles. The highest BCUT2D eigenvalue weighted by Gasteiger charge is 2.31. The van der Waals surface area contributed by atoms with Crippen LogP contribution in [0.1, 0.15) is 43.5 Å². The number of hydrogen-bond acceptors (Lipinski definition) is 5. The maximum Gasteiger partial charge on any atom is 0.243 e. The van der Waals surface area contributed by atoms with Gasteiger partial charge in [-0.05, 0) is 81.3 Å². The Bertz CT molecular complexity index is 1190. The minimum Gasteiger partial charge on any atom is -0.340 e. The van der Waals surface area contributed by atoms with Gasteiger partial charge < -0.3 is 5.32 Å². The van der Waals surface area contributed by atoms with E-state index in [2.05, 4.69) is 10.3 Å². The van der Waals surface area contributed by atoms with Crippen molar-refractivity contribution in [2.75, 3.05) is 11.9 Å². The average Bonchev–Trinajstić information content (AvgIpc) is 2.74. The van der Waals surface area contributed by atoms with Crippen molar-refractivity contribution >= 4 is 38.2 Å². The molecule has 6 nitrogen and oxygen atoms in total. The highest BCUT2D eigenvalue weighted by atomic mass is 32.2. The van der Waals surface area contributed by atoms with Gasteiger partial charge in [0, 0.05) is 29.2 Å². The molecule has 1 saturated heterocycles. The van der Waals surface area contributed by atoms with Crippen molar-refractivity contribution in [2.45, 2.75) is 44.0 Å². The summed E-state index contributed by atoms with van der Waals surface area (Å²) in [5.74, 6) is 0.674. The number of sulfonamides is 1. The van der Waals surface area contributed by atoms with Crippen molar-refractivity contribution in [3.8, 4) is 0 Å². The van der Waals surface area contributed by atoms with Gasteiger partial charge in [-0.3, -0.25) is 4.79 Å². The number of benzene rings is 2. The van der Waals surface area contributed by atoms with Crippen LogP contribution in [0.25, 0.3) is 10.9 Å². The predicted molar refractivity (Wildman–Crippen MR) is 119 cm³/mol. The molecule has 1 fully saturated rings. The second-order valence-corrected chi connectivity index (χ2v) is 9.66. The molecule has 1 aliphatic heterocycles. The largest absolute Gasteiger partial charge is 0.340 e. The van der Waals surface area contributed by atoms with E-state index in [4.69, 9.17) is 0 Å². The van der Waals surface area contributed by atoms with E-state index < -0.39 is 10.0 Å². The first-order valence-electron chi connectivity index (χ1n) is 10.2. The Hall–Kier alpha value is -2.77.